The molecule has 5 atom stereocenters. The molecule has 2 saturated carbocycles. The van der Waals surface area contributed by atoms with Crippen molar-refractivity contribution in [2.45, 2.75) is 70.4 Å². The van der Waals surface area contributed by atoms with Crippen LogP contribution in [0.15, 0.2) is 0 Å². The normalized spacial score (nSPS) is 40.5. The standard InChI is InChI=1S/C16H29NO/c1-2-17-16(8-7-14-4-3-9-18-14)15-11-12-5-6-13(15)10-12/h12-17H,2-11H2,1H3. The van der Waals surface area contributed by atoms with Crippen molar-refractivity contribution >= 4 is 0 Å². The van der Waals surface area contributed by atoms with E-state index < -0.39 is 0 Å². The van der Waals surface area contributed by atoms with Gasteiger partial charge in [-0.1, -0.05) is 13.3 Å². The summed E-state index contributed by atoms with van der Waals surface area (Å²) in [5, 5.41) is 3.78. The van der Waals surface area contributed by atoms with E-state index >= 15 is 0 Å². The quantitative estimate of drug-likeness (QED) is 0.781. The maximum atomic E-state index is 5.78. The first kappa shape index (κ1) is 12.9. The van der Waals surface area contributed by atoms with Gasteiger partial charge in [-0.25, -0.2) is 0 Å². The summed E-state index contributed by atoms with van der Waals surface area (Å²) in [6, 6.07) is 0.773. The zero-order valence-electron chi connectivity index (χ0n) is 11.9. The maximum absolute atomic E-state index is 5.78. The maximum Gasteiger partial charge on any atom is 0.0576 e. The highest BCUT2D eigenvalue weighted by Gasteiger charge is 2.42. The predicted octanol–water partition coefficient (Wildman–Crippen LogP) is 3.36. The SMILES string of the molecule is CCNC(CCC1CCCO1)C1CC2CCC1C2. The summed E-state index contributed by atoms with van der Waals surface area (Å²) in [4.78, 5) is 0. The topological polar surface area (TPSA) is 21.3 Å². The fraction of sp³-hybridized carbons (Fsp3) is 1.00. The van der Waals surface area contributed by atoms with Gasteiger partial charge in [-0.05, 0) is 69.2 Å². The van der Waals surface area contributed by atoms with Crippen LogP contribution in [0.3, 0.4) is 0 Å². The summed E-state index contributed by atoms with van der Waals surface area (Å²) >= 11 is 0. The number of ether oxygens (including phenoxy) is 1. The molecule has 0 aromatic carbocycles. The van der Waals surface area contributed by atoms with Gasteiger partial charge in [0, 0.05) is 12.6 Å². The molecule has 3 aliphatic rings. The van der Waals surface area contributed by atoms with Gasteiger partial charge in [0.1, 0.15) is 0 Å². The van der Waals surface area contributed by atoms with E-state index in [9.17, 15) is 0 Å². The first-order valence-corrected chi connectivity index (χ1v) is 8.21. The molecular weight excluding hydrogens is 222 g/mol. The second kappa shape index (κ2) is 5.92. The molecule has 2 aliphatic carbocycles. The minimum Gasteiger partial charge on any atom is -0.378 e. The van der Waals surface area contributed by atoms with Gasteiger partial charge in [0.25, 0.3) is 0 Å². The Morgan fingerprint density at radius 1 is 1.22 bits per heavy atom. The molecule has 18 heavy (non-hydrogen) atoms. The average Bonchev–Trinajstić information content (AvgIpc) is 3.10. The van der Waals surface area contributed by atoms with Crippen molar-refractivity contribution in [2.75, 3.05) is 13.2 Å². The number of hydrogen-bond donors (Lipinski definition) is 1. The molecule has 2 bridgehead atoms. The lowest BCUT2D eigenvalue weighted by Crippen LogP contribution is -2.39. The summed E-state index contributed by atoms with van der Waals surface area (Å²) in [5.74, 6) is 3.09. The zero-order chi connectivity index (χ0) is 12.4. The molecule has 2 nitrogen and oxygen atoms in total. The number of nitrogens with one attached hydrogen (secondary N) is 1. The van der Waals surface area contributed by atoms with Gasteiger partial charge in [0.2, 0.25) is 0 Å². The average molecular weight is 251 g/mol. The highest BCUT2D eigenvalue weighted by atomic mass is 16.5. The molecule has 0 spiro atoms. The van der Waals surface area contributed by atoms with Crippen LogP contribution >= 0.6 is 0 Å². The molecule has 5 unspecified atom stereocenters. The highest BCUT2D eigenvalue weighted by molar-refractivity contribution is 4.95. The van der Waals surface area contributed by atoms with E-state index in [0.29, 0.717) is 6.10 Å². The first-order valence-electron chi connectivity index (χ1n) is 8.21. The van der Waals surface area contributed by atoms with E-state index in [1.807, 2.05) is 0 Å². The summed E-state index contributed by atoms with van der Waals surface area (Å²) in [6.07, 6.45) is 11.9. The van der Waals surface area contributed by atoms with Crippen molar-refractivity contribution in [1.82, 2.24) is 5.32 Å². The van der Waals surface area contributed by atoms with Crippen LogP contribution in [0.1, 0.15) is 58.3 Å². The fourth-order valence-corrected chi connectivity index (χ4v) is 4.75. The van der Waals surface area contributed by atoms with Crippen LogP contribution in [-0.2, 0) is 4.74 Å². The molecule has 104 valence electrons. The molecule has 1 heterocycles. The summed E-state index contributed by atoms with van der Waals surface area (Å²) in [5.41, 5.74) is 0. The van der Waals surface area contributed by atoms with Crippen LogP contribution in [0.4, 0.5) is 0 Å². The van der Waals surface area contributed by atoms with E-state index in [0.717, 1.165) is 36.9 Å². The molecule has 3 fully saturated rings. The number of hydrogen-bond acceptors (Lipinski definition) is 2. The first-order chi connectivity index (χ1) is 8.86. The monoisotopic (exact) mass is 251 g/mol. The molecule has 0 aromatic rings. The van der Waals surface area contributed by atoms with Gasteiger partial charge in [-0.2, -0.15) is 0 Å². The third-order valence-electron chi connectivity index (χ3n) is 5.60. The molecule has 1 saturated heterocycles. The Labute approximate surface area is 112 Å². The fourth-order valence-electron chi connectivity index (χ4n) is 4.75. The third kappa shape index (κ3) is 2.75. The van der Waals surface area contributed by atoms with Crippen molar-refractivity contribution in [3.8, 4) is 0 Å². The Balaban J connectivity index is 1.51. The van der Waals surface area contributed by atoms with E-state index in [2.05, 4.69) is 12.2 Å². The summed E-state index contributed by atoms with van der Waals surface area (Å²) in [7, 11) is 0. The molecule has 0 radical (unpaired) electrons. The van der Waals surface area contributed by atoms with E-state index in [1.165, 1.54) is 51.4 Å². The van der Waals surface area contributed by atoms with Gasteiger partial charge >= 0.3 is 0 Å². The molecule has 3 rings (SSSR count). The van der Waals surface area contributed by atoms with E-state index in [-0.39, 0.29) is 0 Å². The summed E-state index contributed by atoms with van der Waals surface area (Å²) < 4.78 is 5.78. The van der Waals surface area contributed by atoms with Crippen LogP contribution < -0.4 is 5.32 Å². The molecule has 2 heteroatoms. The largest absolute Gasteiger partial charge is 0.378 e. The van der Waals surface area contributed by atoms with E-state index in [1.54, 1.807) is 0 Å². The van der Waals surface area contributed by atoms with Crippen molar-refractivity contribution in [3.05, 3.63) is 0 Å². The minimum absolute atomic E-state index is 0.574. The van der Waals surface area contributed by atoms with Crippen LogP contribution in [0.5, 0.6) is 0 Å². The Hall–Kier alpha value is -0.0800. The van der Waals surface area contributed by atoms with Crippen molar-refractivity contribution in [1.29, 1.82) is 0 Å². The predicted molar refractivity (Wildman–Crippen MR) is 74.6 cm³/mol. The number of rotatable bonds is 6. The smallest absolute Gasteiger partial charge is 0.0576 e. The van der Waals surface area contributed by atoms with Crippen LogP contribution in [0.2, 0.25) is 0 Å². The number of fused-ring (bicyclic) bond motifs is 2. The van der Waals surface area contributed by atoms with Crippen molar-refractivity contribution < 1.29 is 4.74 Å². The second-order valence-corrected chi connectivity index (χ2v) is 6.72. The molecule has 0 aromatic heterocycles. The second-order valence-electron chi connectivity index (χ2n) is 6.72. The van der Waals surface area contributed by atoms with Crippen molar-refractivity contribution in [3.63, 3.8) is 0 Å². The lowest BCUT2D eigenvalue weighted by Gasteiger charge is -2.31. The minimum atomic E-state index is 0.574. The summed E-state index contributed by atoms with van der Waals surface area (Å²) in [6.45, 7) is 4.39. The Kier molecular flexibility index (Phi) is 4.25. The lowest BCUT2D eigenvalue weighted by atomic mass is 9.81. The van der Waals surface area contributed by atoms with Gasteiger partial charge < -0.3 is 10.1 Å². The molecule has 1 aliphatic heterocycles. The van der Waals surface area contributed by atoms with Gasteiger partial charge in [-0.3, -0.25) is 0 Å². The molecule has 0 amide bonds. The van der Waals surface area contributed by atoms with Gasteiger partial charge in [0.05, 0.1) is 6.10 Å². The molecular formula is C16H29NO. The third-order valence-corrected chi connectivity index (χ3v) is 5.60. The van der Waals surface area contributed by atoms with Crippen molar-refractivity contribution in [2.24, 2.45) is 17.8 Å². The Morgan fingerprint density at radius 3 is 2.78 bits per heavy atom. The zero-order valence-corrected chi connectivity index (χ0v) is 11.9. The van der Waals surface area contributed by atoms with Crippen LogP contribution in [-0.4, -0.2) is 25.3 Å². The lowest BCUT2D eigenvalue weighted by molar-refractivity contribution is 0.0948. The van der Waals surface area contributed by atoms with Gasteiger partial charge in [0.15, 0.2) is 0 Å². The van der Waals surface area contributed by atoms with Crippen LogP contribution in [0, 0.1) is 17.8 Å². The van der Waals surface area contributed by atoms with Crippen LogP contribution in [0.25, 0.3) is 0 Å². The highest BCUT2D eigenvalue weighted by Crippen LogP contribution is 2.50. The van der Waals surface area contributed by atoms with E-state index in [4.69, 9.17) is 4.74 Å². The Bertz CT molecular complexity index is 262. The molecule has 1 N–H and O–H groups in total. The van der Waals surface area contributed by atoms with Gasteiger partial charge in [-0.15, -0.1) is 0 Å². The Morgan fingerprint density at radius 2 is 2.17 bits per heavy atom.